The fourth-order valence-electron chi connectivity index (χ4n) is 7.18. The fourth-order valence-corrected chi connectivity index (χ4v) is 7.18. The number of Topliss-reactive ketones (excluding diaryl/α,β-unsaturated/α-hetero) is 1. The van der Waals surface area contributed by atoms with Gasteiger partial charge >= 0.3 is 5.97 Å². The van der Waals surface area contributed by atoms with Crippen molar-refractivity contribution in [3.63, 3.8) is 0 Å². The Morgan fingerprint density at radius 2 is 2.00 bits per heavy atom. The first kappa shape index (κ1) is 17.2. The highest BCUT2D eigenvalue weighted by molar-refractivity contribution is 5.83. The number of rotatable bonds is 0. The molecule has 4 nitrogen and oxygen atoms in total. The van der Waals surface area contributed by atoms with Crippen LogP contribution in [-0.4, -0.2) is 23.4 Å². The molecule has 3 fully saturated rings. The smallest absolute Gasteiger partial charge is 0.306 e. The standard InChI is InChI=1S/C23H27NO3/c1-21-8-4-15(25)12-14(21)13-18(24-3)20-16(21)5-9-22(2)17(20)6-10-23(22)11-7-19(26)27-23/h5,13,17-18,20H,4,6-12H2,1-2H3/t17?,18-,20?,21+,22+,23-/m1/s1. The maximum Gasteiger partial charge on any atom is 0.306 e. The van der Waals surface area contributed by atoms with Gasteiger partial charge in [-0.2, -0.15) is 0 Å². The van der Waals surface area contributed by atoms with E-state index in [1.54, 1.807) is 0 Å². The van der Waals surface area contributed by atoms with E-state index in [0.29, 0.717) is 31.0 Å². The molecule has 2 saturated carbocycles. The van der Waals surface area contributed by atoms with Gasteiger partial charge in [0, 0.05) is 30.1 Å². The molecule has 1 aliphatic heterocycles. The number of ketones is 1. The summed E-state index contributed by atoms with van der Waals surface area (Å²) in [5.41, 5.74) is 2.09. The Balaban J connectivity index is 1.61. The van der Waals surface area contributed by atoms with Gasteiger partial charge in [0.15, 0.2) is 0 Å². The minimum Gasteiger partial charge on any atom is -0.458 e. The van der Waals surface area contributed by atoms with Gasteiger partial charge in [-0.1, -0.05) is 25.5 Å². The summed E-state index contributed by atoms with van der Waals surface area (Å²) < 4.78 is 5.97. The lowest BCUT2D eigenvalue weighted by molar-refractivity contribution is -0.160. The Labute approximate surface area is 160 Å². The number of hydrogen-bond donors (Lipinski definition) is 0. The lowest BCUT2D eigenvalue weighted by atomic mass is 9.50. The second kappa shape index (κ2) is 5.34. The van der Waals surface area contributed by atoms with Crippen LogP contribution in [0.3, 0.4) is 0 Å². The largest absolute Gasteiger partial charge is 0.458 e. The summed E-state index contributed by atoms with van der Waals surface area (Å²) in [6.07, 6.45) is 10.7. The number of carbonyl (C=O) groups is 2. The van der Waals surface area contributed by atoms with Crippen molar-refractivity contribution in [2.45, 2.75) is 76.9 Å². The molecule has 1 spiro atoms. The maximum atomic E-state index is 12.1. The Hall–Kier alpha value is -1.89. The van der Waals surface area contributed by atoms with E-state index in [9.17, 15) is 9.59 Å². The molecule has 0 aromatic carbocycles. The van der Waals surface area contributed by atoms with Crippen LogP contribution in [0.5, 0.6) is 0 Å². The molecule has 0 bridgehead atoms. The van der Waals surface area contributed by atoms with Gasteiger partial charge in [0.2, 0.25) is 6.04 Å². The summed E-state index contributed by atoms with van der Waals surface area (Å²) in [7, 11) is 0. The summed E-state index contributed by atoms with van der Waals surface area (Å²) in [5.74, 6) is 0.813. The van der Waals surface area contributed by atoms with Gasteiger partial charge in [-0.25, -0.2) is 6.57 Å². The predicted molar refractivity (Wildman–Crippen MR) is 101 cm³/mol. The topological polar surface area (TPSA) is 47.7 Å². The van der Waals surface area contributed by atoms with Crippen LogP contribution >= 0.6 is 0 Å². The molecule has 0 aromatic heterocycles. The molecule has 27 heavy (non-hydrogen) atoms. The highest BCUT2D eigenvalue weighted by Crippen LogP contribution is 2.67. The van der Waals surface area contributed by atoms with Crippen molar-refractivity contribution in [3.05, 3.63) is 34.7 Å². The van der Waals surface area contributed by atoms with Crippen molar-refractivity contribution in [1.82, 2.24) is 0 Å². The molecule has 1 saturated heterocycles. The molecule has 5 aliphatic rings. The summed E-state index contributed by atoms with van der Waals surface area (Å²) >= 11 is 0. The molecule has 1 heterocycles. The van der Waals surface area contributed by atoms with E-state index in [1.165, 1.54) is 11.1 Å². The zero-order chi connectivity index (χ0) is 19.0. The van der Waals surface area contributed by atoms with Gasteiger partial charge in [-0.3, -0.25) is 9.59 Å². The number of ether oxygens (including phenoxy) is 1. The molecule has 2 unspecified atom stereocenters. The molecule has 4 aliphatic carbocycles. The Kier molecular flexibility index (Phi) is 3.41. The van der Waals surface area contributed by atoms with Crippen LogP contribution in [0.2, 0.25) is 0 Å². The van der Waals surface area contributed by atoms with Crippen molar-refractivity contribution in [2.75, 3.05) is 0 Å². The molecule has 0 amide bonds. The van der Waals surface area contributed by atoms with Crippen LogP contribution in [0.1, 0.15) is 65.2 Å². The first-order valence-electron chi connectivity index (χ1n) is 10.3. The van der Waals surface area contributed by atoms with Crippen LogP contribution < -0.4 is 0 Å². The van der Waals surface area contributed by atoms with Crippen LogP contribution in [0.4, 0.5) is 0 Å². The molecule has 0 radical (unpaired) electrons. The van der Waals surface area contributed by atoms with Crippen LogP contribution in [0.15, 0.2) is 23.3 Å². The third kappa shape index (κ3) is 2.03. The Bertz CT molecular complexity index is 848. The molecule has 142 valence electrons. The zero-order valence-corrected chi connectivity index (χ0v) is 16.2. The lowest BCUT2D eigenvalue weighted by Gasteiger charge is -2.53. The van der Waals surface area contributed by atoms with Gasteiger partial charge < -0.3 is 9.58 Å². The zero-order valence-electron chi connectivity index (χ0n) is 16.2. The van der Waals surface area contributed by atoms with Crippen LogP contribution in [0, 0.1) is 29.2 Å². The number of hydrogen-bond acceptors (Lipinski definition) is 3. The SMILES string of the molecule is [C-]#[N+][C@@H]1C=C2CC(=O)CC[C@]2(C)C2=CC[C@@]3(C)C(CC[C@@]34CCC(=O)O4)C21. The quantitative estimate of drug-likeness (QED) is 0.363. The molecular weight excluding hydrogens is 338 g/mol. The number of esters is 1. The van der Waals surface area contributed by atoms with E-state index in [-0.39, 0.29) is 34.4 Å². The van der Waals surface area contributed by atoms with Gasteiger partial charge in [0.05, 0.1) is 5.92 Å². The summed E-state index contributed by atoms with van der Waals surface area (Å²) in [6.45, 7) is 12.5. The van der Waals surface area contributed by atoms with Crippen LogP contribution in [-0.2, 0) is 14.3 Å². The third-order valence-electron chi connectivity index (χ3n) is 8.83. The Morgan fingerprint density at radius 3 is 2.70 bits per heavy atom. The number of nitrogens with zero attached hydrogens (tertiary/aromatic N) is 1. The van der Waals surface area contributed by atoms with E-state index in [0.717, 1.165) is 32.1 Å². The fraction of sp³-hybridized carbons (Fsp3) is 0.696. The van der Waals surface area contributed by atoms with Gasteiger partial charge in [-0.15, -0.1) is 0 Å². The summed E-state index contributed by atoms with van der Waals surface area (Å²) in [6, 6.07) is -0.192. The van der Waals surface area contributed by atoms with Gasteiger partial charge in [-0.05, 0) is 49.7 Å². The average Bonchev–Trinajstić information content (AvgIpc) is 3.16. The lowest BCUT2D eigenvalue weighted by Crippen LogP contribution is -2.52. The van der Waals surface area contributed by atoms with Crippen molar-refractivity contribution in [3.8, 4) is 0 Å². The van der Waals surface area contributed by atoms with E-state index in [4.69, 9.17) is 11.3 Å². The highest BCUT2D eigenvalue weighted by atomic mass is 16.6. The van der Waals surface area contributed by atoms with Gasteiger partial charge in [0.1, 0.15) is 11.4 Å². The highest BCUT2D eigenvalue weighted by Gasteiger charge is 2.67. The summed E-state index contributed by atoms with van der Waals surface area (Å²) in [5, 5.41) is 0. The van der Waals surface area contributed by atoms with Crippen LogP contribution in [0.25, 0.3) is 4.85 Å². The molecule has 0 N–H and O–H groups in total. The predicted octanol–water partition coefficient (Wildman–Crippen LogP) is 4.41. The minimum absolute atomic E-state index is 0.0584. The second-order valence-corrected chi connectivity index (χ2v) is 9.78. The number of fused-ring (bicyclic) bond motifs is 6. The van der Waals surface area contributed by atoms with E-state index in [1.807, 2.05) is 0 Å². The van der Waals surface area contributed by atoms with Gasteiger partial charge in [0.25, 0.3) is 0 Å². The molecule has 4 heteroatoms. The first-order valence-corrected chi connectivity index (χ1v) is 10.3. The van der Waals surface area contributed by atoms with Crippen molar-refractivity contribution in [1.29, 1.82) is 0 Å². The second-order valence-electron chi connectivity index (χ2n) is 9.78. The monoisotopic (exact) mass is 365 g/mol. The normalized spacial score (nSPS) is 48.1. The molecular formula is C23H27NO3. The average molecular weight is 365 g/mol. The van der Waals surface area contributed by atoms with E-state index in [2.05, 4.69) is 30.8 Å². The Morgan fingerprint density at radius 1 is 1.19 bits per heavy atom. The molecule has 5 rings (SSSR count). The minimum atomic E-state index is -0.337. The van der Waals surface area contributed by atoms with E-state index < -0.39 is 0 Å². The third-order valence-corrected chi connectivity index (χ3v) is 8.83. The molecule has 6 atom stereocenters. The first-order chi connectivity index (χ1) is 12.8. The number of allylic oxidation sites excluding steroid dienone is 2. The maximum absolute atomic E-state index is 12.1. The van der Waals surface area contributed by atoms with Crippen molar-refractivity contribution < 1.29 is 14.3 Å². The van der Waals surface area contributed by atoms with E-state index >= 15 is 0 Å². The molecule has 0 aromatic rings. The van der Waals surface area contributed by atoms with Crippen molar-refractivity contribution in [2.24, 2.45) is 22.7 Å². The van der Waals surface area contributed by atoms with Crippen molar-refractivity contribution >= 4 is 11.8 Å². The summed E-state index contributed by atoms with van der Waals surface area (Å²) in [4.78, 5) is 28.0. The number of carbonyl (C=O) groups excluding carboxylic acids is 2.